The Bertz CT molecular complexity index is 988. The van der Waals surface area contributed by atoms with E-state index in [1.807, 2.05) is 68.8 Å². The smallest absolute Gasteiger partial charge is 0.226 e. The molecule has 1 N–H and O–H groups in total. The van der Waals surface area contributed by atoms with E-state index in [0.717, 1.165) is 28.3 Å². The Hall–Kier alpha value is -3.08. The minimum Gasteiger partial charge on any atom is -0.439 e. The lowest BCUT2D eigenvalue weighted by Crippen LogP contribution is -2.30. The van der Waals surface area contributed by atoms with E-state index in [4.69, 9.17) is 9.84 Å². The van der Waals surface area contributed by atoms with Gasteiger partial charge in [-0.25, -0.2) is 4.68 Å². The van der Waals surface area contributed by atoms with Crippen LogP contribution < -0.4 is 10.1 Å². The number of aromatic nitrogens is 2. The first-order valence-electron chi connectivity index (χ1n) is 10.0. The second-order valence-electron chi connectivity index (χ2n) is 7.76. The van der Waals surface area contributed by atoms with Gasteiger partial charge in [-0.05, 0) is 70.9 Å². The summed E-state index contributed by atoms with van der Waals surface area (Å²) >= 11 is 0. The molecule has 0 spiro atoms. The van der Waals surface area contributed by atoms with Crippen molar-refractivity contribution in [3.8, 4) is 17.3 Å². The van der Waals surface area contributed by atoms with Gasteiger partial charge in [-0.2, -0.15) is 5.10 Å². The largest absolute Gasteiger partial charge is 0.439 e. The van der Waals surface area contributed by atoms with Crippen LogP contribution in [0, 0.1) is 20.8 Å². The quantitative estimate of drug-likeness (QED) is 0.613. The molecule has 0 aliphatic carbocycles. The molecule has 5 heteroatoms. The molecule has 3 rings (SSSR count). The highest BCUT2D eigenvalue weighted by Gasteiger charge is 2.20. The first-order valence-corrected chi connectivity index (χ1v) is 10.0. The van der Waals surface area contributed by atoms with Gasteiger partial charge < -0.3 is 10.1 Å². The van der Waals surface area contributed by atoms with Crippen LogP contribution in [0.3, 0.4) is 0 Å². The van der Waals surface area contributed by atoms with Crippen molar-refractivity contribution < 1.29 is 9.53 Å². The van der Waals surface area contributed by atoms with Crippen LogP contribution in [0.15, 0.2) is 48.5 Å². The van der Waals surface area contributed by atoms with Crippen LogP contribution in [-0.4, -0.2) is 21.7 Å². The number of hydrogen-bond acceptors (Lipinski definition) is 3. The Morgan fingerprint density at radius 2 is 1.79 bits per heavy atom. The Morgan fingerprint density at radius 3 is 2.45 bits per heavy atom. The van der Waals surface area contributed by atoms with E-state index in [1.54, 1.807) is 0 Å². The first kappa shape index (κ1) is 20.6. The van der Waals surface area contributed by atoms with Crippen molar-refractivity contribution in [1.29, 1.82) is 0 Å². The van der Waals surface area contributed by atoms with E-state index in [0.29, 0.717) is 18.7 Å². The van der Waals surface area contributed by atoms with Crippen molar-refractivity contribution in [3.63, 3.8) is 0 Å². The fourth-order valence-electron chi connectivity index (χ4n) is 3.22. The number of benzene rings is 2. The summed E-state index contributed by atoms with van der Waals surface area (Å²) in [6.07, 6.45) is 0.959. The highest BCUT2D eigenvalue weighted by atomic mass is 16.5. The molecule has 1 amide bonds. The van der Waals surface area contributed by atoms with Gasteiger partial charge in [-0.15, -0.1) is 0 Å². The standard InChI is InChI=1S/C24H29N3O2/c1-16(2)25-23(28)14-13-22-19(5)26-27(20-8-6-7-18(4)15-20)24(22)29-21-11-9-17(3)10-12-21/h6-12,15-16H,13-14H2,1-5H3,(H,25,28). The highest BCUT2D eigenvalue weighted by molar-refractivity contribution is 5.76. The molecule has 0 bridgehead atoms. The molecule has 1 heterocycles. The Labute approximate surface area is 172 Å². The monoisotopic (exact) mass is 391 g/mol. The van der Waals surface area contributed by atoms with Crippen molar-refractivity contribution in [2.75, 3.05) is 0 Å². The van der Waals surface area contributed by atoms with Crippen LogP contribution in [0.1, 0.15) is 42.7 Å². The molecule has 152 valence electrons. The van der Waals surface area contributed by atoms with Crippen LogP contribution in [0.2, 0.25) is 0 Å². The molecule has 0 unspecified atom stereocenters. The van der Waals surface area contributed by atoms with E-state index in [-0.39, 0.29) is 11.9 Å². The Morgan fingerprint density at radius 1 is 1.07 bits per heavy atom. The lowest BCUT2D eigenvalue weighted by atomic mass is 10.1. The molecule has 0 aliphatic heterocycles. The molecule has 0 aliphatic rings. The number of ether oxygens (including phenoxy) is 1. The third-order valence-corrected chi connectivity index (χ3v) is 4.67. The van der Waals surface area contributed by atoms with E-state index in [1.165, 1.54) is 5.56 Å². The summed E-state index contributed by atoms with van der Waals surface area (Å²) in [6.45, 7) is 9.99. The zero-order chi connectivity index (χ0) is 21.0. The second kappa shape index (κ2) is 8.95. The molecular weight excluding hydrogens is 362 g/mol. The van der Waals surface area contributed by atoms with Gasteiger partial charge in [-0.3, -0.25) is 4.79 Å². The van der Waals surface area contributed by atoms with Gasteiger partial charge in [-0.1, -0.05) is 29.8 Å². The van der Waals surface area contributed by atoms with E-state index in [9.17, 15) is 4.79 Å². The average Bonchev–Trinajstić information content (AvgIpc) is 2.97. The van der Waals surface area contributed by atoms with E-state index in [2.05, 4.69) is 24.4 Å². The predicted octanol–water partition coefficient (Wildman–Crippen LogP) is 5.05. The number of rotatable bonds is 7. The van der Waals surface area contributed by atoms with Gasteiger partial charge >= 0.3 is 0 Å². The Kier molecular flexibility index (Phi) is 6.37. The van der Waals surface area contributed by atoms with Crippen molar-refractivity contribution >= 4 is 5.91 Å². The molecule has 0 atom stereocenters. The lowest BCUT2D eigenvalue weighted by molar-refractivity contribution is -0.121. The minimum atomic E-state index is 0.0315. The van der Waals surface area contributed by atoms with E-state index < -0.39 is 0 Å². The molecule has 0 fully saturated rings. The molecular formula is C24H29N3O2. The second-order valence-corrected chi connectivity index (χ2v) is 7.76. The maximum absolute atomic E-state index is 12.2. The number of carbonyl (C=O) groups excluding carboxylic acids is 1. The van der Waals surface area contributed by atoms with Crippen LogP contribution in [0.25, 0.3) is 5.69 Å². The van der Waals surface area contributed by atoms with E-state index >= 15 is 0 Å². The van der Waals surface area contributed by atoms with Crippen molar-refractivity contribution in [1.82, 2.24) is 15.1 Å². The summed E-state index contributed by atoms with van der Waals surface area (Å²) in [4.78, 5) is 12.2. The topological polar surface area (TPSA) is 56.1 Å². The van der Waals surface area contributed by atoms with Gasteiger partial charge in [0, 0.05) is 18.0 Å². The average molecular weight is 392 g/mol. The molecule has 2 aromatic carbocycles. The lowest BCUT2D eigenvalue weighted by Gasteiger charge is -2.12. The summed E-state index contributed by atoms with van der Waals surface area (Å²) in [5, 5.41) is 7.68. The van der Waals surface area contributed by atoms with Crippen molar-refractivity contribution in [3.05, 3.63) is 70.9 Å². The minimum absolute atomic E-state index is 0.0315. The van der Waals surface area contributed by atoms with Crippen LogP contribution in [-0.2, 0) is 11.2 Å². The zero-order valence-electron chi connectivity index (χ0n) is 17.8. The fraction of sp³-hybridized carbons (Fsp3) is 0.333. The number of carbonyl (C=O) groups is 1. The van der Waals surface area contributed by atoms with Crippen LogP contribution >= 0.6 is 0 Å². The van der Waals surface area contributed by atoms with Crippen LogP contribution in [0.5, 0.6) is 11.6 Å². The molecule has 0 saturated carbocycles. The van der Waals surface area contributed by atoms with Gasteiger partial charge in [0.05, 0.1) is 11.4 Å². The third-order valence-electron chi connectivity index (χ3n) is 4.67. The normalized spacial score (nSPS) is 11.0. The number of amides is 1. The number of nitrogens with one attached hydrogen (secondary N) is 1. The maximum atomic E-state index is 12.2. The molecule has 0 radical (unpaired) electrons. The molecule has 29 heavy (non-hydrogen) atoms. The molecule has 0 saturated heterocycles. The SMILES string of the molecule is Cc1ccc(Oc2c(CCC(=O)NC(C)C)c(C)nn2-c2cccc(C)c2)cc1. The van der Waals surface area contributed by atoms with Gasteiger partial charge in [0.25, 0.3) is 0 Å². The van der Waals surface area contributed by atoms with Crippen molar-refractivity contribution in [2.45, 2.75) is 53.5 Å². The van der Waals surface area contributed by atoms with Gasteiger partial charge in [0.1, 0.15) is 5.75 Å². The summed E-state index contributed by atoms with van der Waals surface area (Å²) in [5.74, 6) is 1.44. The summed E-state index contributed by atoms with van der Waals surface area (Å²) in [5.41, 5.74) is 5.08. The number of aryl methyl sites for hydroxylation is 3. The van der Waals surface area contributed by atoms with Gasteiger partial charge in [0.2, 0.25) is 11.8 Å². The summed E-state index contributed by atoms with van der Waals surface area (Å²) < 4.78 is 8.12. The summed E-state index contributed by atoms with van der Waals surface area (Å²) in [7, 11) is 0. The first-order chi connectivity index (χ1) is 13.8. The Balaban J connectivity index is 1.97. The highest BCUT2D eigenvalue weighted by Crippen LogP contribution is 2.31. The predicted molar refractivity (Wildman–Crippen MR) is 116 cm³/mol. The maximum Gasteiger partial charge on any atom is 0.226 e. The summed E-state index contributed by atoms with van der Waals surface area (Å²) in [6, 6.07) is 16.2. The van der Waals surface area contributed by atoms with Gasteiger partial charge in [0.15, 0.2) is 0 Å². The zero-order valence-corrected chi connectivity index (χ0v) is 17.8. The number of nitrogens with zero attached hydrogens (tertiary/aromatic N) is 2. The molecule has 1 aromatic heterocycles. The molecule has 3 aromatic rings. The van der Waals surface area contributed by atoms with Crippen molar-refractivity contribution in [2.24, 2.45) is 0 Å². The fourth-order valence-corrected chi connectivity index (χ4v) is 3.22. The number of hydrogen-bond donors (Lipinski definition) is 1. The van der Waals surface area contributed by atoms with Crippen LogP contribution in [0.4, 0.5) is 0 Å². The third kappa shape index (κ3) is 5.25. The molecule has 5 nitrogen and oxygen atoms in total.